The summed E-state index contributed by atoms with van der Waals surface area (Å²) >= 11 is 0. The molecule has 0 aromatic carbocycles. The lowest BCUT2D eigenvalue weighted by atomic mass is 9.73. The highest BCUT2D eigenvalue weighted by atomic mass is 16.4. The zero-order valence-corrected chi connectivity index (χ0v) is 7.99. The van der Waals surface area contributed by atoms with Crippen molar-refractivity contribution in [1.82, 2.24) is 5.32 Å². The van der Waals surface area contributed by atoms with Crippen LogP contribution in [0.25, 0.3) is 0 Å². The van der Waals surface area contributed by atoms with Gasteiger partial charge in [0.05, 0.1) is 5.97 Å². The Kier molecular flexibility index (Phi) is 2.54. The summed E-state index contributed by atoms with van der Waals surface area (Å²) in [6, 6.07) is -0.554. The van der Waals surface area contributed by atoms with E-state index in [1.54, 1.807) is 0 Å². The van der Waals surface area contributed by atoms with Crippen LogP contribution in [0.3, 0.4) is 0 Å². The number of nitrogens with one attached hydrogen (secondary N) is 1. The van der Waals surface area contributed by atoms with Crippen molar-refractivity contribution in [2.75, 3.05) is 6.54 Å². The number of carbonyl (C=O) groups excluding carboxylic acids is 2. The molecule has 1 saturated heterocycles. The van der Waals surface area contributed by atoms with Crippen molar-refractivity contribution in [2.45, 2.75) is 31.7 Å². The van der Waals surface area contributed by atoms with Crippen LogP contribution in [0.4, 0.5) is 0 Å². The topological polar surface area (TPSA) is 69.2 Å². The van der Waals surface area contributed by atoms with E-state index in [9.17, 15) is 14.7 Å². The Hall–Kier alpha value is -0.900. The van der Waals surface area contributed by atoms with Gasteiger partial charge in [0.2, 0.25) is 0 Å². The predicted molar refractivity (Wildman–Crippen MR) is 47.3 cm³/mol. The van der Waals surface area contributed by atoms with Gasteiger partial charge in [0, 0.05) is 18.9 Å². The predicted octanol–water partition coefficient (Wildman–Crippen LogP) is -0.916. The second-order valence-corrected chi connectivity index (χ2v) is 4.32. The standard InChI is InChI=1S/C10H15NO3/c12-8-2-1-6-5-11-9(10(13)14)4-7(6)3-8/h6-7,9,11H,1-5H2,(H,13,14)/p-1. The highest BCUT2D eigenvalue weighted by Crippen LogP contribution is 2.33. The van der Waals surface area contributed by atoms with E-state index in [1.807, 2.05) is 0 Å². The fourth-order valence-electron chi connectivity index (χ4n) is 2.55. The van der Waals surface area contributed by atoms with Crippen molar-refractivity contribution in [3.8, 4) is 0 Å². The first-order valence-corrected chi connectivity index (χ1v) is 5.12. The summed E-state index contributed by atoms with van der Waals surface area (Å²) in [7, 11) is 0. The molecule has 1 heterocycles. The average Bonchev–Trinajstić information content (AvgIpc) is 2.16. The van der Waals surface area contributed by atoms with Crippen molar-refractivity contribution in [2.24, 2.45) is 11.8 Å². The second-order valence-electron chi connectivity index (χ2n) is 4.32. The molecule has 2 aliphatic rings. The number of Topliss-reactive ketones (excluding diaryl/α,β-unsaturated/α-hetero) is 1. The van der Waals surface area contributed by atoms with Gasteiger partial charge in [-0.1, -0.05) is 0 Å². The van der Waals surface area contributed by atoms with Gasteiger partial charge in [-0.2, -0.15) is 0 Å². The molecule has 3 unspecified atom stereocenters. The quantitative estimate of drug-likeness (QED) is 0.589. The van der Waals surface area contributed by atoms with E-state index >= 15 is 0 Å². The number of carboxylic acid groups (broad SMARTS) is 1. The first-order valence-electron chi connectivity index (χ1n) is 5.12. The minimum Gasteiger partial charge on any atom is -0.548 e. The van der Waals surface area contributed by atoms with Gasteiger partial charge in [-0.25, -0.2) is 0 Å². The summed E-state index contributed by atoms with van der Waals surface area (Å²) in [4.78, 5) is 21.9. The molecule has 2 fully saturated rings. The number of piperidine rings is 1. The largest absolute Gasteiger partial charge is 0.548 e. The van der Waals surface area contributed by atoms with E-state index in [0.717, 1.165) is 13.0 Å². The molecule has 2 rings (SSSR count). The van der Waals surface area contributed by atoms with Gasteiger partial charge >= 0.3 is 0 Å². The Labute approximate surface area is 82.7 Å². The normalized spacial score (nSPS) is 37.7. The second kappa shape index (κ2) is 3.69. The van der Waals surface area contributed by atoms with E-state index in [0.29, 0.717) is 25.2 Å². The Morgan fingerprint density at radius 3 is 2.93 bits per heavy atom. The smallest absolute Gasteiger partial charge is 0.133 e. The van der Waals surface area contributed by atoms with Gasteiger partial charge in [0.15, 0.2) is 0 Å². The van der Waals surface area contributed by atoms with Crippen molar-refractivity contribution >= 4 is 11.8 Å². The number of carboxylic acids is 1. The molecular weight excluding hydrogens is 182 g/mol. The molecule has 0 amide bonds. The van der Waals surface area contributed by atoms with Crippen LogP contribution in [-0.4, -0.2) is 24.3 Å². The first-order chi connectivity index (χ1) is 6.66. The van der Waals surface area contributed by atoms with E-state index < -0.39 is 12.0 Å². The summed E-state index contributed by atoms with van der Waals surface area (Å²) < 4.78 is 0. The van der Waals surface area contributed by atoms with E-state index in [2.05, 4.69) is 5.32 Å². The number of ketones is 1. The highest BCUT2D eigenvalue weighted by molar-refractivity contribution is 5.79. The summed E-state index contributed by atoms with van der Waals surface area (Å²) in [6.07, 6.45) is 2.70. The summed E-state index contributed by atoms with van der Waals surface area (Å²) in [5.41, 5.74) is 0. The molecule has 3 atom stereocenters. The third kappa shape index (κ3) is 1.80. The zero-order valence-electron chi connectivity index (χ0n) is 7.99. The van der Waals surface area contributed by atoms with E-state index in [4.69, 9.17) is 0 Å². The number of aliphatic carboxylic acids is 1. The molecule has 0 aromatic rings. The van der Waals surface area contributed by atoms with Crippen molar-refractivity contribution in [3.05, 3.63) is 0 Å². The molecule has 4 nitrogen and oxygen atoms in total. The number of rotatable bonds is 1. The van der Waals surface area contributed by atoms with Crippen LogP contribution in [0.5, 0.6) is 0 Å². The van der Waals surface area contributed by atoms with Crippen molar-refractivity contribution in [1.29, 1.82) is 0 Å². The van der Waals surface area contributed by atoms with Crippen LogP contribution in [0, 0.1) is 11.8 Å². The van der Waals surface area contributed by atoms with Crippen LogP contribution in [0.15, 0.2) is 0 Å². The van der Waals surface area contributed by atoms with Gasteiger partial charge in [-0.05, 0) is 31.2 Å². The highest BCUT2D eigenvalue weighted by Gasteiger charge is 2.34. The molecule has 0 bridgehead atoms. The van der Waals surface area contributed by atoms with Crippen LogP contribution in [-0.2, 0) is 9.59 Å². The molecule has 1 aliphatic heterocycles. The lowest BCUT2D eigenvalue weighted by Gasteiger charge is -2.39. The molecular formula is C10H14NO3-. The van der Waals surface area contributed by atoms with Gasteiger partial charge in [0.25, 0.3) is 0 Å². The lowest BCUT2D eigenvalue weighted by Crippen LogP contribution is -2.53. The third-order valence-electron chi connectivity index (χ3n) is 3.40. The summed E-state index contributed by atoms with van der Waals surface area (Å²) in [6.45, 7) is 0.719. The van der Waals surface area contributed by atoms with Gasteiger partial charge in [0.1, 0.15) is 5.78 Å². The van der Waals surface area contributed by atoms with Crippen LogP contribution in [0.2, 0.25) is 0 Å². The van der Waals surface area contributed by atoms with Crippen molar-refractivity contribution in [3.63, 3.8) is 0 Å². The average molecular weight is 196 g/mol. The SMILES string of the molecule is O=C1CCC2CNC(C(=O)[O-])CC2C1. The Balaban J connectivity index is 1.99. The molecule has 1 saturated carbocycles. The minimum absolute atomic E-state index is 0.264. The Bertz CT molecular complexity index is 262. The molecule has 0 radical (unpaired) electrons. The third-order valence-corrected chi connectivity index (χ3v) is 3.40. The molecule has 1 N–H and O–H groups in total. The van der Waals surface area contributed by atoms with Gasteiger partial charge in [-0.3, -0.25) is 4.79 Å². The fraction of sp³-hybridized carbons (Fsp3) is 0.800. The first kappa shape index (κ1) is 9.65. The maximum absolute atomic E-state index is 11.2. The molecule has 0 aromatic heterocycles. The maximum Gasteiger partial charge on any atom is 0.133 e. The van der Waals surface area contributed by atoms with E-state index in [-0.39, 0.29) is 11.7 Å². The maximum atomic E-state index is 11.2. The Morgan fingerprint density at radius 1 is 1.43 bits per heavy atom. The minimum atomic E-state index is -1.04. The van der Waals surface area contributed by atoms with Crippen molar-refractivity contribution < 1.29 is 14.7 Å². The number of carbonyl (C=O) groups is 2. The van der Waals surface area contributed by atoms with Gasteiger partial charge < -0.3 is 15.2 Å². The van der Waals surface area contributed by atoms with E-state index in [1.165, 1.54) is 0 Å². The van der Waals surface area contributed by atoms with Crippen LogP contribution >= 0.6 is 0 Å². The van der Waals surface area contributed by atoms with Crippen LogP contribution < -0.4 is 10.4 Å². The van der Waals surface area contributed by atoms with Gasteiger partial charge in [-0.15, -0.1) is 0 Å². The Morgan fingerprint density at radius 2 is 2.21 bits per heavy atom. The number of hydrogen-bond donors (Lipinski definition) is 1. The molecule has 78 valence electrons. The zero-order chi connectivity index (χ0) is 10.1. The van der Waals surface area contributed by atoms with Crippen LogP contribution in [0.1, 0.15) is 25.7 Å². The number of fused-ring (bicyclic) bond motifs is 1. The summed E-state index contributed by atoms with van der Waals surface area (Å²) in [5.74, 6) is -0.00424. The lowest BCUT2D eigenvalue weighted by molar-refractivity contribution is -0.309. The molecule has 1 aliphatic carbocycles. The molecule has 14 heavy (non-hydrogen) atoms. The molecule has 4 heteroatoms. The number of hydrogen-bond acceptors (Lipinski definition) is 4. The summed E-state index contributed by atoms with van der Waals surface area (Å²) in [5, 5.41) is 13.6. The monoisotopic (exact) mass is 196 g/mol. The molecule has 0 spiro atoms. The fourth-order valence-corrected chi connectivity index (χ4v) is 2.55.